The molecule has 22 heavy (non-hydrogen) atoms. The van der Waals surface area contributed by atoms with E-state index >= 15 is 0 Å². The van der Waals surface area contributed by atoms with Crippen molar-refractivity contribution in [1.82, 2.24) is 4.98 Å². The Bertz CT molecular complexity index is 793. The number of carbonyl (C=O) groups is 1. The van der Waals surface area contributed by atoms with Gasteiger partial charge < -0.3 is 0 Å². The molecule has 0 unspecified atom stereocenters. The fourth-order valence-electron chi connectivity index (χ4n) is 1.94. The average molecular weight is 334 g/mol. The Balaban J connectivity index is 1.96. The van der Waals surface area contributed by atoms with Gasteiger partial charge in [-0.15, -0.1) is 0 Å². The van der Waals surface area contributed by atoms with E-state index < -0.39 is 11.6 Å². The monoisotopic (exact) mass is 334 g/mol. The number of benzene rings is 1. The van der Waals surface area contributed by atoms with Crippen molar-refractivity contribution in [3.05, 3.63) is 64.8 Å². The normalized spacial score (nSPS) is 16.6. The Labute approximate surface area is 134 Å². The van der Waals surface area contributed by atoms with Crippen molar-refractivity contribution >= 4 is 46.0 Å². The first-order chi connectivity index (χ1) is 10.6. The maximum Gasteiger partial charge on any atom is 0.270 e. The molecule has 0 bridgehead atoms. The molecule has 0 saturated carbocycles. The third kappa shape index (κ3) is 2.77. The SMILES string of the molecule is O=C1C(=Cc2ccc(F)cc2F)SC(=S)N1c1cccnc1. The average Bonchev–Trinajstić information content (AvgIpc) is 2.77. The molecule has 1 aliphatic rings. The molecule has 1 aromatic carbocycles. The lowest BCUT2D eigenvalue weighted by molar-refractivity contribution is -0.113. The van der Waals surface area contributed by atoms with Gasteiger partial charge in [-0.25, -0.2) is 8.78 Å². The summed E-state index contributed by atoms with van der Waals surface area (Å²) in [6, 6.07) is 6.59. The number of amides is 1. The van der Waals surface area contributed by atoms with Crippen LogP contribution in [0.5, 0.6) is 0 Å². The fraction of sp³-hybridized carbons (Fsp3) is 0. The van der Waals surface area contributed by atoms with Crippen LogP contribution in [0.1, 0.15) is 5.56 Å². The molecule has 3 rings (SSSR count). The summed E-state index contributed by atoms with van der Waals surface area (Å²) in [5.41, 5.74) is 0.682. The molecule has 3 nitrogen and oxygen atoms in total. The third-order valence-electron chi connectivity index (χ3n) is 2.95. The van der Waals surface area contributed by atoms with Crippen LogP contribution in [0.2, 0.25) is 0 Å². The van der Waals surface area contributed by atoms with Gasteiger partial charge in [-0.3, -0.25) is 14.7 Å². The molecule has 2 heterocycles. The van der Waals surface area contributed by atoms with E-state index in [0.717, 1.165) is 23.9 Å². The van der Waals surface area contributed by atoms with E-state index in [9.17, 15) is 13.6 Å². The number of rotatable bonds is 2. The predicted molar refractivity (Wildman–Crippen MR) is 86.2 cm³/mol. The van der Waals surface area contributed by atoms with Crippen LogP contribution < -0.4 is 4.90 Å². The van der Waals surface area contributed by atoms with Crippen molar-refractivity contribution in [2.45, 2.75) is 0 Å². The second-order valence-electron chi connectivity index (χ2n) is 4.39. The molecular formula is C15H8F2N2OS2. The minimum absolute atomic E-state index is 0.132. The zero-order chi connectivity index (χ0) is 15.7. The molecule has 0 aliphatic carbocycles. The molecule has 0 radical (unpaired) electrons. The summed E-state index contributed by atoms with van der Waals surface area (Å²) in [5, 5.41) is 0. The van der Waals surface area contributed by atoms with Gasteiger partial charge in [0.25, 0.3) is 5.91 Å². The van der Waals surface area contributed by atoms with Crippen LogP contribution >= 0.6 is 24.0 Å². The van der Waals surface area contributed by atoms with E-state index in [2.05, 4.69) is 4.98 Å². The molecule has 0 N–H and O–H groups in total. The van der Waals surface area contributed by atoms with E-state index in [1.807, 2.05) is 0 Å². The third-order valence-corrected chi connectivity index (χ3v) is 4.25. The van der Waals surface area contributed by atoms with E-state index in [-0.39, 0.29) is 16.4 Å². The first-order valence-corrected chi connectivity index (χ1v) is 7.42. The standard InChI is InChI=1S/C15H8F2N2OS2/c16-10-4-3-9(12(17)7-10)6-13-14(20)19(15(21)22-13)11-2-1-5-18-8-11/h1-8H. The van der Waals surface area contributed by atoms with Crippen LogP contribution in [0.15, 0.2) is 47.6 Å². The number of aromatic nitrogens is 1. The highest BCUT2D eigenvalue weighted by Crippen LogP contribution is 2.35. The van der Waals surface area contributed by atoms with E-state index in [4.69, 9.17) is 12.2 Å². The fourth-order valence-corrected chi connectivity index (χ4v) is 3.23. The summed E-state index contributed by atoms with van der Waals surface area (Å²) in [6.07, 6.45) is 4.47. The number of nitrogens with zero attached hydrogens (tertiary/aromatic N) is 2. The van der Waals surface area contributed by atoms with Gasteiger partial charge >= 0.3 is 0 Å². The molecule has 7 heteroatoms. The zero-order valence-electron chi connectivity index (χ0n) is 11.0. The zero-order valence-corrected chi connectivity index (χ0v) is 12.6. The number of hydrogen-bond acceptors (Lipinski definition) is 4. The van der Waals surface area contributed by atoms with Crippen molar-refractivity contribution in [2.75, 3.05) is 4.90 Å². The van der Waals surface area contributed by atoms with E-state index in [1.54, 1.807) is 18.3 Å². The highest BCUT2D eigenvalue weighted by atomic mass is 32.2. The van der Waals surface area contributed by atoms with E-state index in [1.165, 1.54) is 23.2 Å². The van der Waals surface area contributed by atoms with Crippen LogP contribution in [0.25, 0.3) is 6.08 Å². The van der Waals surface area contributed by atoms with E-state index in [0.29, 0.717) is 10.0 Å². The molecular weight excluding hydrogens is 326 g/mol. The molecule has 0 spiro atoms. The van der Waals surface area contributed by atoms with Crippen molar-refractivity contribution < 1.29 is 13.6 Å². The smallest absolute Gasteiger partial charge is 0.268 e. The number of thiocarbonyl (C=S) groups is 1. The number of anilines is 1. The molecule has 1 amide bonds. The van der Waals surface area contributed by atoms with Gasteiger partial charge in [0.15, 0.2) is 4.32 Å². The summed E-state index contributed by atoms with van der Waals surface area (Å²) in [6.45, 7) is 0. The molecule has 1 aliphatic heterocycles. The highest BCUT2D eigenvalue weighted by molar-refractivity contribution is 8.27. The topological polar surface area (TPSA) is 33.2 Å². The summed E-state index contributed by atoms with van der Waals surface area (Å²) in [4.78, 5) is 18.0. The number of thioether (sulfide) groups is 1. The summed E-state index contributed by atoms with van der Waals surface area (Å²) in [7, 11) is 0. The minimum atomic E-state index is -0.730. The highest BCUT2D eigenvalue weighted by Gasteiger charge is 2.33. The van der Waals surface area contributed by atoms with Crippen molar-refractivity contribution in [2.24, 2.45) is 0 Å². The summed E-state index contributed by atoms with van der Waals surface area (Å²) < 4.78 is 26.9. The maximum absolute atomic E-state index is 13.7. The number of halogens is 2. The Morgan fingerprint density at radius 3 is 2.77 bits per heavy atom. The first-order valence-electron chi connectivity index (χ1n) is 6.19. The second kappa shape index (κ2) is 5.94. The van der Waals surface area contributed by atoms with Crippen LogP contribution in [0.4, 0.5) is 14.5 Å². The molecule has 1 saturated heterocycles. The van der Waals surface area contributed by atoms with Gasteiger partial charge in [-0.05, 0) is 30.3 Å². The Hall–Kier alpha value is -2.12. The number of pyridine rings is 1. The van der Waals surface area contributed by atoms with Gasteiger partial charge in [-0.2, -0.15) is 0 Å². The number of hydrogen-bond donors (Lipinski definition) is 0. The maximum atomic E-state index is 13.7. The van der Waals surface area contributed by atoms with Crippen molar-refractivity contribution in [3.63, 3.8) is 0 Å². The van der Waals surface area contributed by atoms with Crippen molar-refractivity contribution in [1.29, 1.82) is 0 Å². The Morgan fingerprint density at radius 1 is 1.27 bits per heavy atom. The van der Waals surface area contributed by atoms with Gasteiger partial charge in [0.1, 0.15) is 11.6 Å². The van der Waals surface area contributed by atoms with Crippen molar-refractivity contribution in [3.8, 4) is 0 Å². The largest absolute Gasteiger partial charge is 0.270 e. The van der Waals surface area contributed by atoms with Crippen LogP contribution in [0, 0.1) is 11.6 Å². The Morgan fingerprint density at radius 2 is 2.09 bits per heavy atom. The van der Waals surface area contributed by atoms with Gasteiger partial charge in [-0.1, -0.05) is 24.0 Å². The summed E-state index contributed by atoms with van der Waals surface area (Å²) >= 11 is 6.26. The van der Waals surface area contributed by atoms with Crippen LogP contribution in [0.3, 0.4) is 0 Å². The lowest BCUT2D eigenvalue weighted by Gasteiger charge is -2.13. The number of carbonyl (C=O) groups excluding carboxylic acids is 1. The summed E-state index contributed by atoms with van der Waals surface area (Å²) in [5.74, 6) is -1.75. The second-order valence-corrected chi connectivity index (χ2v) is 6.07. The van der Waals surface area contributed by atoms with Gasteiger partial charge in [0.05, 0.1) is 16.8 Å². The van der Waals surface area contributed by atoms with Crippen LogP contribution in [-0.4, -0.2) is 15.2 Å². The Kier molecular flexibility index (Phi) is 4.00. The quantitative estimate of drug-likeness (QED) is 0.618. The minimum Gasteiger partial charge on any atom is -0.268 e. The molecule has 1 fully saturated rings. The van der Waals surface area contributed by atoms with Gasteiger partial charge in [0.2, 0.25) is 0 Å². The molecule has 1 aromatic heterocycles. The first kappa shape index (κ1) is 14.8. The molecule has 2 aromatic rings. The lowest BCUT2D eigenvalue weighted by Crippen LogP contribution is -2.27. The molecule has 0 atom stereocenters. The molecule has 110 valence electrons. The van der Waals surface area contributed by atoms with Gasteiger partial charge in [0, 0.05) is 17.8 Å². The lowest BCUT2D eigenvalue weighted by atomic mass is 10.2. The van der Waals surface area contributed by atoms with Crippen LogP contribution in [-0.2, 0) is 4.79 Å². The predicted octanol–water partition coefficient (Wildman–Crippen LogP) is 3.77.